The van der Waals surface area contributed by atoms with Gasteiger partial charge in [0.15, 0.2) is 0 Å². The summed E-state index contributed by atoms with van der Waals surface area (Å²) < 4.78 is 46.4. The molecule has 6 heteroatoms. The minimum Gasteiger partial charge on any atom is -0.241 e. The van der Waals surface area contributed by atoms with Crippen LogP contribution in [0.1, 0.15) is 0 Å². The first-order chi connectivity index (χ1) is 2.96. The molecule has 0 bridgehead atoms. The molecule has 0 amide bonds. The smallest absolute Gasteiger partial charge is 0.241 e. The molecule has 1 aliphatic heterocycles. The van der Waals surface area contributed by atoms with Crippen LogP contribution < -0.4 is 0 Å². The molecule has 1 fully saturated rings. The molecule has 0 saturated carbocycles. The van der Waals surface area contributed by atoms with Gasteiger partial charge in [0.25, 0.3) is 0 Å². The summed E-state index contributed by atoms with van der Waals surface area (Å²) in [6.07, 6.45) is -8.38. The zero-order valence-corrected chi connectivity index (χ0v) is 7.31. The van der Waals surface area contributed by atoms with E-state index in [0.717, 1.165) is 0 Å². The van der Waals surface area contributed by atoms with E-state index in [-0.39, 0.29) is 27.3 Å². The largest absolute Gasteiger partial charge is 0.453 e. The Labute approximate surface area is 62.2 Å². The Morgan fingerprint density at radius 3 is 1.00 bits per heavy atom. The molecule has 46 valence electrons. The van der Waals surface area contributed by atoms with E-state index in [9.17, 15) is 17.6 Å². The first-order valence-corrected chi connectivity index (χ1v) is 1.41. The molecular weight excluding hydrogens is 323 g/mol. The van der Waals surface area contributed by atoms with E-state index < -0.39 is 12.2 Å². The summed E-state index contributed by atoms with van der Waals surface area (Å²) >= 11 is 0. The summed E-state index contributed by atoms with van der Waals surface area (Å²) in [5.41, 5.74) is 0. The van der Waals surface area contributed by atoms with Gasteiger partial charge in [0.2, 0.25) is 0 Å². The minimum absolute atomic E-state index is 0. The van der Waals surface area contributed by atoms with Gasteiger partial charge in [-0.15, -0.1) is 0 Å². The van der Waals surface area contributed by atoms with Gasteiger partial charge in [0.05, 0.1) is 0 Å². The predicted octanol–water partition coefficient (Wildman–Crippen LogP) is 0.821. The second-order valence-corrected chi connectivity index (χ2v) is 1.14. The average molecular weight is 323 g/mol. The number of hydrogen-bond acceptors (Lipinski definition) is 1. The molecule has 1 aliphatic rings. The van der Waals surface area contributed by atoms with Crippen LogP contribution >= 0.6 is 0 Å². The van der Waals surface area contributed by atoms with E-state index in [1.807, 2.05) is 0 Å². The molecule has 0 N–H and O–H groups in total. The van der Waals surface area contributed by atoms with Crippen LogP contribution in [0.2, 0.25) is 0 Å². The van der Waals surface area contributed by atoms with E-state index in [1.165, 1.54) is 0 Å². The standard InChI is InChI=1S/C2F4O.Pb/c3-1(4)2(5,6)7-1;. The zero-order valence-electron chi connectivity index (χ0n) is 3.42. The van der Waals surface area contributed by atoms with Gasteiger partial charge in [-0.25, -0.2) is 4.74 Å². The van der Waals surface area contributed by atoms with Gasteiger partial charge in [-0.3, -0.25) is 0 Å². The van der Waals surface area contributed by atoms with Crippen molar-refractivity contribution < 1.29 is 22.3 Å². The molecule has 8 heavy (non-hydrogen) atoms. The van der Waals surface area contributed by atoms with Crippen LogP contribution in [0.4, 0.5) is 17.6 Å². The van der Waals surface area contributed by atoms with Crippen LogP contribution in [0.15, 0.2) is 0 Å². The van der Waals surface area contributed by atoms with Gasteiger partial charge in [0.1, 0.15) is 0 Å². The van der Waals surface area contributed by atoms with E-state index in [0.29, 0.717) is 0 Å². The number of hydrogen-bond donors (Lipinski definition) is 0. The van der Waals surface area contributed by atoms with Gasteiger partial charge in [-0.2, -0.15) is 17.6 Å². The van der Waals surface area contributed by atoms with Crippen LogP contribution in [-0.4, -0.2) is 39.5 Å². The third-order valence-electron chi connectivity index (χ3n) is 0.554. The molecule has 0 spiro atoms. The van der Waals surface area contributed by atoms with Crippen LogP contribution in [0.3, 0.4) is 0 Å². The Morgan fingerprint density at radius 2 is 1.00 bits per heavy atom. The van der Waals surface area contributed by atoms with E-state index in [4.69, 9.17) is 0 Å². The molecular formula is C2F4OPb. The van der Waals surface area contributed by atoms with Crippen LogP contribution in [-0.2, 0) is 4.74 Å². The Morgan fingerprint density at radius 1 is 0.875 bits per heavy atom. The van der Waals surface area contributed by atoms with Gasteiger partial charge in [-0.1, -0.05) is 0 Å². The van der Waals surface area contributed by atoms with Crippen molar-refractivity contribution in [1.29, 1.82) is 0 Å². The summed E-state index contributed by atoms with van der Waals surface area (Å²) in [5, 5.41) is 0. The maximum atomic E-state index is 10.9. The molecule has 0 aromatic carbocycles. The van der Waals surface area contributed by atoms with Gasteiger partial charge in [-0.05, 0) is 0 Å². The first-order valence-electron chi connectivity index (χ1n) is 1.41. The van der Waals surface area contributed by atoms with Gasteiger partial charge in [0, 0.05) is 27.3 Å². The van der Waals surface area contributed by atoms with Crippen molar-refractivity contribution in [3.05, 3.63) is 0 Å². The number of rotatable bonds is 0. The summed E-state index contributed by atoms with van der Waals surface area (Å²) in [5.74, 6) is 0. The Balaban J connectivity index is 0.000000490. The monoisotopic (exact) mass is 324 g/mol. The van der Waals surface area contributed by atoms with Gasteiger partial charge < -0.3 is 0 Å². The Kier molecular flexibility index (Phi) is 1.93. The average Bonchev–Trinajstić information content (AvgIpc) is 1.63. The fourth-order valence-corrected chi connectivity index (χ4v) is 0.135. The van der Waals surface area contributed by atoms with Crippen LogP contribution in [0, 0.1) is 0 Å². The minimum atomic E-state index is -4.19. The van der Waals surface area contributed by atoms with Crippen molar-refractivity contribution in [2.75, 3.05) is 0 Å². The molecule has 0 aromatic rings. The van der Waals surface area contributed by atoms with E-state index in [2.05, 4.69) is 4.74 Å². The summed E-state index contributed by atoms with van der Waals surface area (Å²) in [6, 6.07) is 0. The van der Waals surface area contributed by atoms with Crippen molar-refractivity contribution in [3.8, 4) is 0 Å². The van der Waals surface area contributed by atoms with Crippen molar-refractivity contribution in [1.82, 2.24) is 0 Å². The molecule has 0 aromatic heterocycles. The molecule has 1 saturated heterocycles. The fourth-order valence-electron chi connectivity index (χ4n) is 0.135. The third kappa shape index (κ3) is 1.12. The topological polar surface area (TPSA) is 12.5 Å². The molecule has 4 radical (unpaired) electrons. The van der Waals surface area contributed by atoms with E-state index in [1.54, 1.807) is 0 Å². The summed E-state index contributed by atoms with van der Waals surface area (Å²) in [6.45, 7) is 0. The molecule has 1 rings (SSSR count). The number of epoxide rings is 1. The molecule has 0 atom stereocenters. The molecule has 1 heterocycles. The number of ether oxygens (including phenoxy) is 1. The second-order valence-electron chi connectivity index (χ2n) is 1.14. The van der Waals surface area contributed by atoms with Crippen LogP contribution in [0.25, 0.3) is 0 Å². The normalized spacial score (nSPS) is 28.5. The van der Waals surface area contributed by atoms with Crippen molar-refractivity contribution in [3.63, 3.8) is 0 Å². The number of halogens is 4. The molecule has 0 aliphatic carbocycles. The first kappa shape index (κ1) is 8.60. The fraction of sp³-hybridized carbons (Fsp3) is 1.00. The Bertz CT molecular complexity index is 90.2. The zero-order chi connectivity index (χ0) is 5.71. The third-order valence-corrected chi connectivity index (χ3v) is 0.554. The van der Waals surface area contributed by atoms with Crippen LogP contribution in [0.5, 0.6) is 0 Å². The maximum Gasteiger partial charge on any atom is 0.453 e. The second kappa shape index (κ2) is 1.79. The van der Waals surface area contributed by atoms with Crippen molar-refractivity contribution in [2.45, 2.75) is 12.2 Å². The van der Waals surface area contributed by atoms with Gasteiger partial charge >= 0.3 is 12.2 Å². The predicted molar refractivity (Wildman–Crippen MR) is 16.7 cm³/mol. The molecule has 1 nitrogen and oxygen atoms in total. The van der Waals surface area contributed by atoms with E-state index >= 15 is 0 Å². The Hall–Kier alpha value is 0.602. The number of alkyl halides is 4. The summed E-state index contributed by atoms with van der Waals surface area (Å²) in [4.78, 5) is 0. The maximum absolute atomic E-state index is 10.9. The van der Waals surface area contributed by atoms with Crippen molar-refractivity contribution >= 4 is 27.3 Å². The molecule has 0 unspecified atom stereocenters. The quantitative estimate of drug-likeness (QED) is 0.365. The summed E-state index contributed by atoms with van der Waals surface area (Å²) in [7, 11) is 0. The van der Waals surface area contributed by atoms with Crippen molar-refractivity contribution in [2.24, 2.45) is 0 Å². The SMILES string of the molecule is FC1(F)OC1(F)F.[Pb].